The van der Waals surface area contributed by atoms with Gasteiger partial charge in [0.25, 0.3) is 0 Å². The van der Waals surface area contributed by atoms with Gasteiger partial charge in [-0.3, -0.25) is 0 Å². The van der Waals surface area contributed by atoms with E-state index in [-0.39, 0.29) is 5.70 Å². The second kappa shape index (κ2) is 9.89. The number of halogens is 1. The summed E-state index contributed by atoms with van der Waals surface area (Å²) in [5.41, 5.74) is 1.76. The van der Waals surface area contributed by atoms with Crippen molar-refractivity contribution in [1.82, 2.24) is 0 Å². The summed E-state index contributed by atoms with van der Waals surface area (Å²) >= 11 is 7.59. The maximum absolute atomic E-state index is 11.9. The van der Waals surface area contributed by atoms with E-state index < -0.39 is 11.9 Å². The van der Waals surface area contributed by atoms with E-state index in [9.17, 15) is 9.59 Å². The summed E-state index contributed by atoms with van der Waals surface area (Å²) in [4.78, 5) is 24.3. The Labute approximate surface area is 161 Å². The van der Waals surface area contributed by atoms with Crippen LogP contribution in [0.25, 0.3) is 0 Å². The highest BCUT2D eigenvalue weighted by atomic mass is 35.5. The summed E-state index contributed by atoms with van der Waals surface area (Å²) in [6, 6.07) is 15.1. The lowest BCUT2D eigenvalue weighted by molar-refractivity contribution is -0.138. The zero-order valence-corrected chi connectivity index (χ0v) is 15.9. The van der Waals surface area contributed by atoms with Gasteiger partial charge in [0.2, 0.25) is 0 Å². The van der Waals surface area contributed by atoms with Gasteiger partial charge in [0.15, 0.2) is 0 Å². The summed E-state index contributed by atoms with van der Waals surface area (Å²) in [6.07, 6.45) is 1.06. The minimum atomic E-state index is -0.662. The van der Waals surface area contributed by atoms with Gasteiger partial charge in [-0.25, -0.2) is 9.59 Å². The Bertz CT molecular complexity index is 823. The molecule has 0 aliphatic carbocycles. The van der Waals surface area contributed by atoms with Crippen LogP contribution in [0.2, 0.25) is 5.02 Å². The molecule has 5 nitrogen and oxygen atoms in total. The molecule has 136 valence electrons. The van der Waals surface area contributed by atoms with Crippen molar-refractivity contribution in [2.75, 3.05) is 19.5 Å². The highest BCUT2D eigenvalue weighted by Gasteiger charge is 2.14. The third-order valence-electron chi connectivity index (χ3n) is 3.31. The average Bonchev–Trinajstić information content (AvgIpc) is 2.66. The van der Waals surface area contributed by atoms with E-state index in [0.29, 0.717) is 16.5 Å². The second-order valence-electron chi connectivity index (χ2n) is 5.11. The van der Waals surface area contributed by atoms with Gasteiger partial charge in [-0.2, -0.15) is 0 Å². The van der Waals surface area contributed by atoms with E-state index in [1.54, 1.807) is 11.8 Å². The van der Waals surface area contributed by atoms with E-state index in [0.717, 1.165) is 16.5 Å². The molecule has 26 heavy (non-hydrogen) atoms. The fourth-order valence-electron chi connectivity index (χ4n) is 2.06. The molecule has 0 saturated carbocycles. The van der Waals surface area contributed by atoms with Gasteiger partial charge in [0.05, 0.1) is 26.0 Å². The van der Waals surface area contributed by atoms with Crippen molar-refractivity contribution in [1.29, 1.82) is 0 Å². The van der Waals surface area contributed by atoms with Crippen molar-refractivity contribution in [3.63, 3.8) is 0 Å². The zero-order valence-electron chi connectivity index (χ0n) is 14.3. The molecule has 2 aromatic rings. The Balaban J connectivity index is 2.20. The first-order valence-electron chi connectivity index (χ1n) is 7.64. The largest absolute Gasteiger partial charge is 0.466 e. The van der Waals surface area contributed by atoms with E-state index >= 15 is 0 Å². The zero-order chi connectivity index (χ0) is 18.9. The number of methoxy groups -OCH3 is 2. The molecule has 0 heterocycles. The minimum absolute atomic E-state index is 0.00449. The molecule has 0 radical (unpaired) electrons. The molecule has 1 N–H and O–H groups in total. The molecule has 0 aliphatic rings. The fourth-order valence-corrected chi connectivity index (χ4v) is 3.23. The van der Waals surface area contributed by atoms with Gasteiger partial charge >= 0.3 is 11.9 Å². The molecule has 7 heteroatoms. The maximum atomic E-state index is 11.9. The van der Waals surface area contributed by atoms with Crippen molar-refractivity contribution < 1.29 is 19.1 Å². The summed E-state index contributed by atoms with van der Waals surface area (Å²) in [5.74, 6) is -0.611. The average molecular weight is 392 g/mol. The number of benzene rings is 2. The molecule has 0 amide bonds. The van der Waals surface area contributed by atoms with E-state index in [2.05, 4.69) is 10.1 Å². The number of thioether (sulfide) groups is 1. The Hall–Kier alpha value is -2.44. The first-order valence-corrected chi connectivity index (χ1v) is 9.01. The van der Waals surface area contributed by atoms with Crippen LogP contribution in [0.1, 0.15) is 5.56 Å². The Kier molecular flexibility index (Phi) is 7.56. The number of hydrogen-bond donors (Lipinski definition) is 1. The third-order valence-corrected chi connectivity index (χ3v) is 4.69. The first-order chi connectivity index (χ1) is 12.5. The highest BCUT2D eigenvalue weighted by Crippen LogP contribution is 2.31. The Morgan fingerprint density at radius 2 is 1.88 bits per heavy atom. The lowest BCUT2D eigenvalue weighted by Gasteiger charge is -2.13. The summed E-state index contributed by atoms with van der Waals surface area (Å²) in [6.45, 7) is 0. The van der Waals surface area contributed by atoms with E-state index in [4.69, 9.17) is 16.3 Å². The van der Waals surface area contributed by atoms with Gasteiger partial charge in [0, 0.05) is 15.7 Å². The molecule has 0 aliphatic heterocycles. The van der Waals surface area contributed by atoms with Crippen LogP contribution < -0.4 is 5.32 Å². The van der Waals surface area contributed by atoms with Crippen LogP contribution in [0.3, 0.4) is 0 Å². The van der Waals surface area contributed by atoms with Crippen LogP contribution in [0.15, 0.2) is 65.2 Å². The van der Waals surface area contributed by atoms with Crippen LogP contribution in [-0.2, 0) is 24.8 Å². The molecule has 0 atom stereocenters. The van der Waals surface area contributed by atoms with Crippen molar-refractivity contribution in [3.05, 3.63) is 70.9 Å². The summed E-state index contributed by atoms with van der Waals surface area (Å²) in [5, 5.41) is 3.63. The monoisotopic (exact) mass is 391 g/mol. The number of hydrogen-bond acceptors (Lipinski definition) is 6. The predicted molar refractivity (Wildman–Crippen MR) is 103 cm³/mol. The molecular formula is C19H18ClNO4S. The summed E-state index contributed by atoms with van der Waals surface area (Å²) < 4.78 is 9.29. The van der Waals surface area contributed by atoms with Crippen LogP contribution in [0.5, 0.6) is 0 Å². The number of nitrogens with one attached hydrogen (secondary N) is 1. The first kappa shape index (κ1) is 19.9. The summed E-state index contributed by atoms with van der Waals surface area (Å²) in [7, 11) is 2.48. The van der Waals surface area contributed by atoms with Crippen molar-refractivity contribution in [2.24, 2.45) is 0 Å². The number of anilines is 1. The maximum Gasteiger partial charge on any atom is 0.354 e. The Morgan fingerprint density at radius 1 is 1.12 bits per heavy atom. The van der Waals surface area contributed by atoms with Gasteiger partial charge in [0.1, 0.15) is 5.70 Å². The smallest absolute Gasteiger partial charge is 0.354 e. The number of carbonyl (C=O) groups excluding carboxylic acids is 2. The normalized spacial score (nSPS) is 11.0. The van der Waals surface area contributed by atoms with Gasteiger partial charge in [-0.15, -0.1) is 11.8 Å². The third kappa shape index (κ3) is 5.82. The van der Waals surface area contributed by atoms with E-state index in [1.807, 2.05) is 48.5 Å². The molecule has 2 rings (SSSR count). The van der Waals surface area contributed by atoms with Crippen molar-refractivity contribution >= 4 is 41.0 Å². The quantitative estimate of drug-likeness (QED) is 0.432. The van der Waals surface area contributed by atoms with Crippen LogP contribution >= 0.6 is 23.4 Å². The topological polar surface area (TPSA) is 64.6 Å². The SMILES string of the molecule is COC(=O)/C=C(/Nc1ccccc1SCc1cccc(Cl)c1)C(=O)OC. The standard InChI is InChI=1S/C19H18ClNO4S/c1-24-18(22)11-16(19(23)25-2)21-15-8-3-4-9-17(15)26-12-13-6-5-7-14(20)10-13/h3-11,21H,12H2,1-2H3/b16-11+. The number of esters is 2. The molecule has 0 aromatic heterocycles. The van der Waals surface area contributed by atoms with Gasteiger partial charge in [-0.1, -0.05) is 35.9 Å². The van der Waals surface area contributed by atoms with Crippen LogP contribution in [-0.4, -0.2) is 26.2 Å². The molecule has 0 spiro atoms. The number of rotatable bonds is 7. The van der Waals surface area contributed by atoms with E-state index in [1.165, 1.54) is 14.2 Å². The molecule has 0 fully saturated rings. The van der Waals surface area contributed by atoms with Crippen molar-refractivity contribution in [3.8, 4) is 0 Å². The Morgan fingerprint density at radius 3 is 2.58 bits per heavy atom. The minimum Gasteiger partial charge on any atom is -0.466 e. The molecule has 0 saturated heterocycles. The lowest BCUT2D eigenvalue weighted by atomic mass is 10.2. The van der Waals surface area contributed by atoms with Gasteiger partial charge in [-0.05, 0) is 29.8 Å². The number of ether oxygens (including phenoxy) is 2. The lowest BCUT2D eigenvalue weighted by Crippen LogP contribution is -2.15. The number of para-hydroxylation sites is 1. The van der Waals surface area contributed by atoms with Crippen LogP contribution in [0, 0.1) is 0 Å². The molecule has 0 bridgehead atoms. The second-order valence-corrected chi connectivity index (χ2v) is 6.57. The number of carbonyl (C=O) groups is 2. The molecule has 0 unspecified atom stereocenters. The predicted octanol–water partition coefficient (Wildman–Crippen LogP) is 4.27. The van der Waals surface area contributed by atoms with Crippen molar-refractivity contribution in [2.45, 2.75) is 10.6 Å². The molecular weight excluding hydrogens is 374 g/mol. The molecule has 2 aromatic carbocycles. The van der Waals surface area contributed by atoms with Crippen LogP contribution in [0.4, 0.5) is 5.69 Å². The fraction of sp³-hybridized carbons (Fsp3) is 0.158. The highest BCUT2D eigenvalue weighted by molar-refractivity contribution is 7.98. The van der Waals surface area contributed by atoms with Gasteiger partial charge < -0.3 is 14.8 Å².